The fourth-order valence-electron chi connectivity index (χ4n) is 3.18. The van der Waals surface area contributed by atoms with E-state index in [0.29, 0.717) is 26.9 Å². The first kappa shape index (κ1) is 17.4. The second kappa shape index (κ2) is 6.95. The van der Waals surface area contributed by atoms with Gasteiger partial charge in [0.15, 0.2) is 5.16 Å². The number of halogens is 2. The van der Waals surface area contributed by atoms with Crippen LogP contribution < -0.4 is 5.56 Å². The Labute approximate surface area is 163 Å². The minimum absolute atomic E-state index is 0.0197. The Morgan fingerprint density at radius 1 is 1.36 bits per heavy atom. The number of hydrogen-bond acceptors (Lipinski definition) is 4. The van der Waals surface area contributed by atoms with E-state index < -0.39 is 0 Å². The number of thiophene rings is 1. The first-order valence-corrected chi connectivity index (χ1v) is 10.7. The van der Waals surface area contributed by atoms with E-state index in [4.69, 9.17) is 23.2 Å². The summed E-state index contributed by atoms with van der Waals surface area (Å²) in [5.74, 6) is 1.36. The molecule has 0 saturated carbocycles. The third-order valence-corrected chi connectivity index (χ3v) is 7.33. The molecule has 1 aliphatic rings. The molecule has 3 nitrogen and oxygen atoms in total. The van der Waals surface area contributed by atoms with Gasteiger partial charge < -0.3 is 4.98 Å². The van der Waals surface area contributed by atoms with E-state index in [1.54, 1.807) is 17.4 Å². The van der Waals surface area contributed by atoms with Gasteiger partial charge in [0, 0.05) is 10.6 Å². The van der Waals surface area contributed by atoms with Crippen molar-refractivity contribution in [3.05, 3.63) is 54.6 Å². The Kier molecular flexibility index (Phi) is 4.84. The summed E-state index contributed by atoms with van der Waals surface area (Å²) >= 11 is 15.2. The number of aromatic nitrogens is 2. The van der Waals surface area contributed by atoms with Gasteiger partial charge in [-0.15, -0.1) is 11.3 Å². The molecule has 0 bridgehead atoms. The lowest BCUT2D eigenvalue weighted by Crippen LogP contribution is -2.13. The van der Waals surface area contributed by atoms with Gasteiger partial charge in [0.1, 0.15) is 4.83 Å². The van der Waals surface area contributed by atoms with Crippen molar-refractivity contribution >= 4 is 56.5 Å². The Morgan fingerprint density at radius 3 is 3.00 bits per heavy atom. The predicted molar refractivity (Wildman–Crippen MR) is 107 cm³/mol. The average molecular weight is 411 g/mol. The molecule has 7 heteroatoms. The number of thioether (sulfide) groups is 1. The molecule has 1 atom stereocenters. The van der Waals surface area contributed by atoms with Gasteiger partial charge in [-0.3, -0.25) is 4.79 Å². The first-order chi connectivity index (χ1) is 12.0. The number of benzene rings is 1. The SMILES string of the molecule is C[C@@H]1CCc2c(sc3nc(SCc4ccc(Cl)c(Cl)c4)[nH]c(=O)c23)C1. The van der Waals surface area contributed by atoms with E-state index in [9.17, 15) is 4.79 Å². The van der Waals surface area contributed by atoms with Gasteiger partial charge in [-0.05, 0) is 48.4 Å². The maximum Gasteiger partial charge on any atom is 0.260 e. The van der Waals surface area contributed by atoms with Crippen LogP contribution in [-0.2, 0) is 18.6 Å². The molecule has 0 aliphatic heterocycles. The summed E-state index contributed by atoms with van der Waals surface area (Å²) in [6, 6.07) is 5.56. The van der Waals surface area contributed by atoms with Crippen LogP contribution in [0.3, 0.4) is 0 Å². The second-order valence-electron chi connectivity index (χ2n) is 6.44. The predicted octanol–water partition coefficient (Wildman–Crippen LogP) is 5.71. The van der Waals surface area contributed by atoms with Crippen molar-refractivity contribution in [2.24, 2.45) is 5.92 Å². The van der Waals surface area contributed by atoms with Crippen molar-refractivity contribution < 1.29 is 0 Å². The molecule has 0 spiro atoms. The van der Waals surface area contributed by atoms with Crippen LogP contribution in [0.4, 0.5) is 0 Å². The van der Waals surface area contributed by atoms with Crippen LogP contribution in [0, 0.1) is 5.92 Å². The summed E-state index contributed by atoms with van der Waals surface area (Å²) in [5.41, 5.74) is 2.24. The van der Waals surface area contributed by atoms with Crippen LogP contribution in [0.25, 0.3) is 10.2 Å². The smallest absolute Gasteiger partial charge is 0.260 e. The molecular formula is C18H16Cl2N2OS2. The van der Waals surface area contributed by atoms with Crippen LogP contribution in [0.2, 0.25) is 10.0 Å². The van der Waals surface area contributed by atoms with Gasteiger partial charge in [0.2, 0.25) is 0 Å². The summed E-state index contributed by atoms with van der Waals surface area (Å²) in [6.07, 6.45) is 3.19. The highest BCUT2D eigenvalue weighted by molar-refractivity contribution is 7.98. The van der Waals surface area contributed by atoms with Crippen molar-refractivity contribution in [3.8, 4) is 0 Å². The molecule has 4 rings (SSSR count). The molecule has 1 aliphatic carbocycles. The number of H-pyrrole nitrogens is 1. The number of nitrogens with zero attached hydrogens (tertiary/aromatic N) is 1. The Morgan fingerprint density at radius 2 is 2.20 bits per heavy atom. The normalized spacial score (nSPS) is 17.0. The standard InChI is InChI=1S/C18H16Cl2N2OS2/c1-9-2-4-11-14(6-9)25-17-15(11)16(23)21-18(22-17)24-8-10-3-5-12(19)13(20)7-10/h3,5,7,9H,2,4,6,8H2,1H3,(H,21,22,23)/t9-/m1/s1. The summed E-state index contributed by atoms with van der Waals surface area (Å²) in [4.78, 5) is 22.4. The zero-order valence-corrected chi connectivity index (χ0v) is 16.7. The average Bonchev–Trinajstić information content (AvgIpc) is 2.93. The third kappa shape index (κ3) is 3.47. The minimum Gasteiger partial charge on any atom is -0.301 e. The summed E-state index contributed by atoms with van der Waals surface area (Å²) in [5, 5.41) is 2.53. The highest BCUT2D eigenvalue weighted by Gasteiger charge is 2.23. The topological polar surface area (TPSA) is 45.8 Å². The molecule has 0 radical (unpaired) electrons. The maximum absolute atomic E-state index is 12.6. The molecule has 130 valence electrons. The van der Waals surface area contributed by atoms with Gasteiger partial charge in [-0.1, -0.05) is 48.0 Å². The van der Waals surface area contributed by atoms with Gasteiger partial charge in [-0.2, -0.15) is 0 Å². The molecule has 25 heavy (non-hydrogen) atoms. The molecule has 2 heterocycles. The maximum atomic E-state index is 12.6. The van der Waals surface area contributed by atoms with Crippen LogP contribution in [0.5, 0.6) is 0 Å². The van der Waals surface area contributed by atoms with E-state index >= 15 is 0 Å². The van der Waals surface area contributed by atoms with E-state index in [2.05, 4.69) is 16.9 Å². The van der Waals surface area contributed by atoms with Crippen LogP contribution in [0.15, 0.2) is 28.2 Å². The van der Waals surface area contributed by atoms with E-state index in [1.807, 2.05) is 12.1 Å². The fourth-order valence-corrected chi connectivity index (χ4v) is 5.74. The van der Waals surface area contributed by atoms with Gasteiger partial charge in [0.25, 0.3) is 5.56 Å². The molecule has 0 unspecified atom stereocenters. The number of aromatic amines is 1. The molecule has 2 aromatic heterocycles. The van der Waals surface area contributed by atoms with Crippen LogP contribution in [-0.4, -0.2) is 9.97 Å². The van der Waals surface area contributed by atoms with Gasteiger partial charge >= 0.3 is 0 Å². The molecule has 1 aromatic carbocycles. The van der Waals surface area contributed by atoms with Crippen molar-refractivity contribution in [2.75, 3.05) is 0 Å². The lowest BCUT2D eigenvalue weighted by molar-refractivity contribution is 0.509. The van der Waals surface area contributed by atoms with Crippen molar-refractivity contribution in [1.82, 2.24) is 9.97 Å². The molecule has 0 saturated heterocycles. The number of rotatable bonds is 3. The number of fused-ring (bicyclic) bond motifs is 3. The number of nitrogens with one attached hydrogen (secondary N) is 1. The lowest BCUT2D eigenvalue weighted by atomic mass is 9.89. The zero-order valence-electron chi connectivity index (χ0n) is 13.6. The quantitative estimate of drug-likeness (QED) is 0.444. The molecular weight excluding hydrogens is 395 g/mol. The minimum atomic E-state index is -0.0197. The highest BCUT2D eigenvalue weighted by atomic mass is 35.5. The second-order valence-corrected chi connectivity index (χ2v) is 9.30. The largest absolute Gasteiger partial charge is 0.301 e. The van der Waals surface area contributed by atoms with Crippen molar-refractivity contribution in [2.45, 2.75) is 37.1 Å². The lowest BCUT2D eigenvalue weighted by Gasteiger charge is -2.17. The first-order valence-electron chi connectivity index (χ1n) is 8.12. The summed E-state index contributed by atoms with van der Waals surface area (Å²) in [6.45, 7) is 2.27. The molecule has 3 aromatic rings. The van der Waals surface area contributed by atoms with Crippen molar-refractivity contribution in [3.63, 3.8) is 0 Å². The van der Waals surface area contributed by atoms with Crippen LogP contribution >= 0.6 is 46.3 Å². The molecule has 0 fully saturated rings. The monoisotopic (exact) mass is 410 g/mol. The Bertz CT molecular complexity index is 1010. The van der Waals surface area contributed by atoms with E-state index in [0.717, 1.165) is 35.0 Å². The summed E-state index contributed by atoms with van der Waals surface area (Å²) in [7, 11) is 0. The zero-order chi connectivity index (χ0) is 17.6. The Hall–Kier alpha value is -1.01. The van der Waals surface area contributed by atoms with Gasteiger partial charge in [-0.25, -0.2) is 4.98 Å². The van der Waals surface area contributed by atoms with Gasteiger partial charge in [0.05, 0.1) is 15.4 Å². The summed E-state index contributed by atoms with van der Waals surface area (Å²) < 4.78 is 0. The molecule has 1 N–H and O–H groups in total. The Balaban J connectivity index is 1.62. The fraction of sp³-hybridized carbons (Fsp3) is 0.333. The highest BCUT2D eigenvalue weighted by Crippen LogP contribution is 2.36. The van der Waals surface area contributed by atoms with E-state index in [1.165, 1.54) is 22.2 Å². The third-order valence-electron chi connectivity index (χ3n) is 4.50. The number of hydrogen-bond donors (Lipinski definition) is 1. The van der Waals surface area contributed by atoms with E-state index in [-0.39, 0.29) is 5.56 Å². The van der Waals surface area contributed by atoms with Crippen LogP contribution in [0.1, 0.15) is 29.3 Å². The molecule has 0 amide bonds. The number of aryl methyl sites for hydroxylation is 1. The van der Waals surface area contributed by atoms with Crippen molar-refractivity contribution in [1.29, 1.82) is 0 Å².